The van der Waals surface area contributed by atoms with Gasteiger partial charge in [-0.3, -0.25) is 4.68 Å². The summed E-state index contributed by atoms with van der Waals surface area (Å²) in [6.07, 6.45) is 2.57. The number of aryl methyl sites for hydroxylation is 2. The molecule has 2 rings (SSSR count). The Bertz CT molecular complexity index is 689. The van der Waals surface area contributed by atoms with Crippen molar-refractivity contribution in [2.45, 2.75) is 31.4 Å². The maximum Gasteiger partial charge on any atom is 0.241 e. The van der Waals surface area contributed by atoms with Crippen molar-refractivity contribution in [1.82, 2.24) is 14.5 Å². The SMILES string of the molecule is CCc1nn(C)cc1CNS(=O)(=O)c1csc(CO)c1. The first kappa shape index (κ1) is 15.2. The minimum atomic E-state index is -3.55. The summed E-state index contributed by atoms with van der Waals surface area (Å²) in [5.74, 6) is 0. The van der Waals surface area contributed by atoms with Gasteiger partial charge < -0.3 is 5.11 Å². The number of rotatable bonds is 6. The normalized spacial score (nSPS) is 11.9. The van der Waals surface area contributed by atoms with Gasteiger partial charge in [0.25, 0.3) is 0 Å². The van der Waals surface area contributed by atoms with E-state index < -0.39 is 10.0 Å². The van der Waals surface area contributed by atoms with Gasteiger partial charge in [-0.05, 0) is 12.5 Å². The van der Waals surface area contributed by atoms with Gasteiger partial charge in [-0.2, -0.15) is 5.10 Å². The van der Waals surface area contributed by atoms with Crippen molar-refractivity contribution in [3.8, 4) is 0 Å². The largest absolute Gasteiger partial charge is 0.391 e. The summed E-state index contributed by atoms with van der Waals surface area (Å²) in [5.41, 5.74) is 1.76. The molecule has 0 atom stereocenters. The zero-order valence-corrected chi connectivity index (χ0v) is 13.0. The highest BCUT2D eigenvalue weighted by Crippen LogP contribution is 2.19. The quantitative estimate of drug-likeness (QED) is 0.833. The zero-order chi connectivity index (χ0) is 14.8. The fraction of sp³-hybridized carbons (Fsp3) is 0.417. The van der Waals surface area contributed by atoms with Crippen molar-refractivity contribution in [3.05, 3.63) is 33.8 Å². The van der Waals surface area contributed by atoms with Crippen LogP contribution in [0.1, 0.15) is 23.1 Å². The van der Waals surface area contributed by atoms with E-state index in [2.05, 4.69) is 9.82 Å². The van der Waals surface area contributed by atoms with Gasteiger partial charge in [-0.15, -0.1) is 11.3 Å². The fourth-order valence-electron chi connectivity index (χ4n) is 1.87. The van der Waals surface area contributed by atoms with Gasteiger partial charge in [0.1, 0.15) is 0 Å². The Labute approximate surface area is 122 Å². The summed E-state index contributed by atoms with van der Waals surface area (Å²) < 4.78 is 28.5. The molecule has 8 heteroatoms. The number of hydrogen-bond donors (Lipinski definition) is 2. The Morgan fingerprint density at radius 2 is 2.25 bits per heavy atom. The number of aliphatic hydroxyl groups is 1. The maximum absolute atomic E-state index is 12.1. The predicted octanol–water partition coefficient (Wildman–Crippen LogP) is 1.01. The van der Waals surface area contributed by atoms with Crippen molar-refractivity contribution in [3.63, 3.8) is 0 Å². The van der Waals surface area contributed by atoms with E-state index in [0.717, 1.165) is 17.7 Å². The average molecular weight is 315 g/mol. The second kappa shape index (κ2) is 6.04. The Hall–Kier alpha value is -1.22. The zero-order valence-electron chi connectivity index (χ0n) is 11.3. The molecule has 2 N–H and O–H groups in total. The highest BCUT2D eigenvalue weighted by molar-refractivity contribution is 7.89. The fourth-order valence-corrected chi connectivity index (χ4v) is 4.01. The van der Waals surface area contributed by atoms with Crippen LogP contribution in [0, 0.1) is 0 Å². The van der Waals surface area contributed by atoms with Gasteiger partial charge in [0, 0.05) is 35.6 Å². The Morgan fingerprint density at radius 1 is 1.50 bits per heavy atom. The molecule has 110 valence electrons. The van der Waals surface area contributed by atoms with Crippen LogP contribution in [0.25, 0.3) is 0 Å². The van der Waals surface area contributed by atoms with Crippen LogP contribution in [0.5, 0.6) is 0 Å². The van der Waals surface area contributed by atoms with E-state index >= 15 is 0 Å². The van der Waals surface area contributed by atoms with Crippen LogP contribution >= 0.6 is 11.3 Å². The monoisotopic (exact) mass is 315 g/mol. The van der Waals surface area contributed by atoms with Crippen molar-refractivity contribution in [2.24, 2.45) is 7.05 Å². The molecule has 0 spiro atoms. The Morgan fingerprint density at radius 3 is 2.85 bits per heavy atom. The molecular formula is C12H17N3O3S2. The Balaban J connectivity index is 2.12. The molecule has 0 amide bonds. The van der Waals surface area contributed by atoms with Gasteiger partial charge in [0.15, 0.2) is 0 Å². The third-order valence-corrected chi connectivity index (χ3v) is 5.33. The molecular weight excluding hydrogens is 298 g/mol. The number of sulfonamides is 1. The summed E-state index contributed by atoms with van der Waals surface area (Å²) >= 11 is 1.22. The molecule has 0 saturated carbocycles. The van der Waals surface area contributed by atoms with E-state index in [1.165, 1.54) is 22.8 Å². The highest BCUT2D eigenvalue weighted by atomic mass is 32.2. The van der Waals surface area contributed by atoms with Crippen molar-refractivity contribution in [1.29, 1.82) is 0 Å². The van der Waals surface area contributed by atoms with Crippen molar-refractivity contribution >= 4 is 21.4 Å². The molecule has 2 aromatic rings. The average Bonchev–Trinajstić information content (AvgIpc) is 3.02. The number of nitrogens with one attached hydrogen (secondary N) is 1. The molecule has 0 aliphatic carbocycles. The number of thiophene rings is 1. The summed E-state index contributed by atoms with van der Waals surface area (Å²) in [6.45, 7) is 2.04. The molecule has 0 radical (unpaired) electrons. The molecule has 0 aliphatic rings. The molecule has 2 heterocycles. The number of nitrogens with zero attached hydrogens (tertiary/aromatic N) is 2. The minimum absolute atomic E-state index is 0.150. The van der Waals surface area contributed by atoms with Crippen LogP contribution in [0.3, 0.4) is 0 Å². The summed E-state index contributed by atoms with van der Waals surface area (Å²) in [7, 11) is -1.74. The van der Waals surface area contributed by atoms with Crippen molar-refractivity contribution in [2.75, 3.05) is 0 Å². The second-order valence-corrected chi connectivity index (χ2v) is 7.12. The van der Waals surface area contributed by atoms with E-state index in [1.807, 2.05) is 20.2 Å². The lowest BCUT2D eigenvalue weighted by molar-refractivity contribution is 0.285. The van der Waals surface area contributed by atoms with Gasteiger partial charge in [0.05, 0.1) is 17.2 Å². The van der Waals surface area contributed by atoms with Crippen LogP contribution in [-0.2, 0) is 36.6 Å². The topological polar surface area (TPSA) is 84.2 Å². The number of aliphatic hydroxyl groups excluding tert-OH is 1. The smallest absolute Gasteiger partial charge is 0.241 e. The summed E-state index contributed by atoms with van der Waals surface area (Å²) in [6, 6.07) is 1.48. The van der Waals surface area contributed by atoms with E-state index in [0.29, 0.717) is 4.88 Å². The molecule has 0 unspecified atom stereocenters. The minimum Gasteiger partial charge on any atom is -0.391 e. The molecule has 0 aromatic carbocycles. The highest BCUT2D eigenvalue weighted by Gasteiger charge is 2.17. The molecule has 0 aliphatic heterocycles. The Kier molecular flexibility index (Phi) is 4.59. The van der Waals surface area contributed by atoms with Crippen LogP contribution in [-0.4, -0.2) is 23.3 Å². The molecule has 2 aromatic heterocycles. The van der Waals surface area contributed by atoms with E-state index in [4.69, 9.17) is 5.11 Å². The van der Waals surface area contributed by atoms with Crippen LogP contribution in [0.2, 0.25) is 0 Å². The second-order valence-electron chi connectivity index (χ2n) is 4.36. The first-order chi connectivity index (χ1) is 9.46. The molecule has 0 saturated heterocycles. The van der Waals surface area contributed by atoms with E-state index in [-0.39, 0.29) is 18.0 Å². The summed E-state index contributed by atoms with van der Waals surface area (Å²) in [5, 5.41) is 14.8. The third kappa shape index (κ3) is 3.26. The summed E-state index contributed by atoms with van der Waals surface area (Å²) in [4.78, 5) is 0.814. The predicted molar refractivity (Wildman–Crippen MR) is 76.9 cm³/mol. The molecule has 0 bridgehead atoms. The maximum atomic E-state index is 12.1. The van der Waals surface area contributed by atoms with E-state index in [9.17, 15) is 8.42 Å². The molecule has 6 nitrogen and oxygen atoms in total. The molecule has 20 heavy (non-hydrogen) atoms. The van der Waals surface area contributed by atoms with Crippen LogP contribution in [0.4, 0.5) is 0 Å². The number of aromatic nitrogens is 2. The van der Waals surface area contributed by atoms with Gasteiger partial charge >= 0.3 is 0 Å². The first-order valence-corrected chi connectivity index (χ1v) is 8.52. The van der Waals surface area contributed by atoms with Gasteiger partial charge in [-0.25, -0.2) is 13.1 Å². The first-order valence-electron chi connectivity index (χ1n) is 6.15. The van der Waals surface area contributed by atoms with Gasteiger partial charge in [-0.1, -0.05) is 6.92 Å². The third-order valence-electron chi connectivity index (χ3n) is 2.88. The number of hydrogen-bond acceptors (Lipinski definition) is 5. The molecule has 0 fully saturated rings. The van der Waals surface area contributed by atoms with Gasteiger partial charge in [0.2, 0.25) is 10.0 Å². The standard InChI is InChI=1S/C12H17N3O3S2/c1-3-12-9(6-15(2)14-12)5-13-20(17,18)11-4-10(7-16)19-8-11/h4,6,8,13,16H,3,5,7H2,1-2H3. The lowest BCUT2D eigenvalue weighted by Crippen LogP contribution is -2.23. The van der Waals surface area contributed by atoms with Crippen LogP contribution < -0.4 is 4.72 Å². The van der Waals surface area contributed by atoms with Crippen LogP contribution in [0.15, 0.2) is 22.5 Å². The van der Waals surface area contributed by atoms with E-state index in [1.54, 1.807) is 4.68 Å². The lowest BCUT2D eigenvalue weighted by atomic mass is 10.2. The van der Waals surface area contributed by atoms with Crippen molar-refractivity contribution < 1.29 is 13.5 Å². The lowest BCUT2D eigenvalue weighted by Gasteiger charge is -2.04.